The van der Waals surface area contributed by atoms with E-state index in [9.17, 15) is 16.8 Å². The van der Waals surface area contributed by atoms with Crippen molar-refractivity contribution in [3.63, 3.8) is 0 Å². The first-order chi connectivity index (χ1) is 9.26. The Hall–Kier alpha value is -0.130. The van der Waals surface area contributed by atoms with E-state index in [1.165, 1.54) is 23.9 Å². The van der Waals surface area contributed by atoms with Crippen molar-refractivity contribution in [2.24, 2.45) is 0 Å². The molecule has 0 aromatic carbocycles. The van der Waals surface area contributed by atoms with Gasteiger partial charge in [0.1, 0.15) is 9.58 Å². The summed E-state index contributed by atoms with van der Waals surface area (Å²) in [7, 11) is -7.32. The van der Waals surface area contributed by atoms with E-state index in [1.54, 1.807) is 0 Å². The minimum atomic E-state index is -3.84. The molecule has 1 atom stereocenters. The minimum absolute atomic E-state index is 0.0714. The molecular weight excluding hydrogens is 342 g/mol. The Labute approximate surface area is 126 Å². The molecule has 20 heavy (non-hydrogen) atoms. The normalized spacial score (nSPS) is 22.0. The molecule has 6 nitrogen and oxygen atoms in total. The molecule has 1 fully saturated rings. The van der Waals surface area contributed by atoms with Gasteiger partial charge in [-0.15, -0.1) is 11.3 Å². The summed E-state index contributed by atoms with van der Waals surface area (Å²) in [5.41, 5.74) is 0. The number of hydrogen-bond acceptors (Lipinski definition) is 7. The van der Waals surface area contributed by atoms with Crippen molar-refractivity contribution in [3.8, 4) is 0 Å². The van der Waals surface area contributed by atoms with Crippen LogP contribution in [-0.4, -0.2) is 55.9 Å². The van der Waals surface area contributed by atoms with Crippen LogP contribution in [0.5, 0.6) is 0 Å². The van der Waals surface area contributed by atoms with Crippen molar-refractivity contribution in [1.82, 2.24) is 4.31 Å². The second kappa shape index (κ2) is 5.93. The van der Waals surface area contributed by atoms with Gasteiger partial charge in [-0.1, -0.05) is 0 Å². The summed E-state index contributed by atoms with van der Waals surface area (Å²) < 4.78 is 49.8. The quantitative estimate of drug-likeness (QED) is 0.836. The fourth-order valence-corrected chi connectivity index (χ4v) is 8.39. The molecule has 1 aromatic heterocycles. The van der Waals surface area contributed by atoms with E-state index < -0.39 is 25.2 Å². The first kappa shape index (κ1) is 16.2. The molecule has 0 saturated carbocycles. The summed E-state index contributed by atoms with van der Waals surface area (Å²) in [4.78, 5) is 0.533. The first-order valence-corrected chi connectivity index (χ1v) is 11.1. The number of sulfonamides is 1. The Kier molecular flexibility index (Phi) is 4.82. The van der Waals surface area contributed by atoms with E-state index in [4.69, 9.17) is 5.11 Å². The molecule has 1 saturated heterocycles. The standard InChI is InChI=1S/C10H15NO5S4/c1-19(13,14)9-7-17-5-4-11(9)20(15,16)10-3-2-8(6-12)18-10/h2-3,9,12H,4-7H2,1H3. The van der Waals surface area contributed by atoms with Gasteiger partial charge in [0.15, 0.2) is 9.84 Å². The molecule has 0 spiro atoms. The summed E-state index contributed by atoms with van der Waals surface area (Å²) in [6.45, 7) is -0.0529. The highest BCUT2D eigenvalue weighted by Gasteiger charge is 2.39. The van der Waals surface area contributed by atoms with Crippen LogP contribution in [0.25, 0.3) is 0 Å². The summed E-state index contributed by atoms with van der Waals surface area (Å²) in [6.07, 6.45) is 1.06. The molecule has 0 aliphatic carbocycles. The van der Waals surface area contributed by atoms with Gasteiger partial charge < -0.3 is 5.11 Å². The molecule has 0 bridgehead atoms. The molecule has 0 radical (unpaired) electrons. The van der Waals surface area contributed by atoms with Gasteiger partial charge in [0.25, 0.3) is 10.0 Å². The van der Waals surface area contributed by atoms with E-state index in [2.05, 4.69) is 0 Å². The molecule has 1 N–H and O–H groups in total. The number of thioether (sulfide) groups is 1. The van der Waals surface area contributed by atoms with Gasteiger partial charge in [-0.25, -0.2) is 16.8 Å². The number of aliphatic hydroxyl groups is 1. The number of sulfone groups is 1. The molecule has 1 aliphatic heterocycles. The van der Waals surface area contributed by atoms with E-state index >= 15 is 0 Å². The van der Waals surface area contributed by atoms with Crippen LogP contribution in [0.1, 0.15) is 4.88 Å². The highest BCUT2D eigenvalue weighted by Crippen LogP contribution is 2.30. The molecule has 2 rings (SSSR count). The summed E-state index contributed by atoms with van der Waals surface area (Å²) >= 11 is 2.40. The SMILES string of the molecule is CS(=O)(=O)C1CSCCN1S(=O)(=O)c1ccc(CO)s1. The van der Waals surface area contributed by atoms with E-state index in [-0.39, 0.29) is 23.1 Å². The summed E-state index contributed by atoms with van der Waals surface area (Å²) in [5.74, 6) is 0.819. The average Bonchev–Trinajstić information content (AvgIpc) is 2.87. The fraction of sp³-hybridized carbons (Fsp3) is 0.600. The number of aliphatic hydroxyl groups excluding tert-OH is 1. The third-order valence-corrected chi connectivity index (χ3v) is 9.11. The van der Waals surface area contributed by atoms with Crippen LogP contribution in [0, 0.1) is 0 Å². The van der Waals surface area contributed by atoms with Gasteiger partial charge in [-0.3, -0.25) is 0 Å². The average molecular weight is 358 g/mol. The van der Waals surface area contributed by atoms with Crippen LogP contribution < -0.4 is 0 Å². The molecular formula is C10H15NO5S4. The van der Waals surface area contributed by atoms with Crippen molar-refractivity contribution in [3.05, 3.63) is 17.0 Å². The Morgan fingerprint density at radius 2 is 2.05 bits per heavy atom. The second-order valence-electron chi connectivity index (χ2n) is 4.35. The zero-order chi connectivity index (χ0) is 15.0. The van der Waals surface area contributed by atoms with Gasteiger partial charge in [0.2, 0.25) is 0 Å². The molecule has 10 heteroatoms. The van der Waals surface area contributed by atoms with Gasteiger partial charge >= 0.3 is 0 Å². The maximum Gasteiger partial charge on any atom is 0.253 e. The lowest BCUT2D eigenvalue weighted by molar-refractivity contribution is 0.285. The lowest BCUT2D eigenvalue weighted by atomic mass is 10.5. The van der Waals surface area contributed by atoms with Crippen LogP contribution in [0.4, 0.5) is 0 Å². The number of rotatable bonds is 4. The maximum absolute atomic E-state index is 12.6. The topological polar surface area (TPSA) is 91.8 Å². The van der Waals surface area contributed by atoms with Crippen LogP contribution >= 0.6 is 23.1 Å². The fourth-order valence-electron chi connectivity index (χ4n) is 1.88. The molecule has 114 valence electrons. The Morgan fingerprint density at radius 1 is 1.35 bits per heavy atom. The van der Waals surface area contributed by atoms with E-state index in [1.807, 2.05) is 0 Å². The highest BCUT2D eigenvalue weighted by atomic mass is 32.2. The predicted molar refractivity (Wildman–Crippen MR) is 80.1 cm³/mol. The molecule has 0 amide bonds. The zero-order valence-corrected chi connectivity index (χ0v) is 14.0. The van der Waals surface area contributed by atoms with E-state index in [0.29, 0.717) is 10.6 Å². The largest absolute Gasteiger partial charge is 0.391 e. The Morgan fingerprint density at radius 3 is 2.60 bits per heavy atom. The number of hydrogen-bond donors (Lipinski definition) is 1. The van der Waals surface area contributed by atoms with Gasteiger partial charge in [0, 0.05) is 29.2 Å². The van der Waals surface area contributed by atoms with E-state index in [0.717, 1.165) is 21.9 Å². The summed E-state index contributed by atoms with van der Waals surface area (Å²) in [5, 5.41) is 7.99. The van der Waals surface area contributed by atoms with Crippen LogP contribution in [-0.2, 0) is 26.5 Å². The van der Waals surface area contributed by atoms with Gasteiger partial charge in [-0.2, -0.15) is 16.1 Å². The van der Waals surface area contributed by atoms with Gasteiger partial charge in [-0.05, 0) is 12.1 Å². The van der Waals surface area contributed by atoms with Crippen LogP contribution in [0.3, 0.4) is 0 Å². The maximum atomic E-state index is 12.6. The van der Waals surface area contributed by atoms with Crippen LogP contribution in [0.2, 0.25) is 0 Å². The third kappa shape index (κ3) is 3.20. The van der Waals surface area contributed by atoms with Crippen molar-refractivity contribution in [1.29, 1.82) is 0 Å². The van der Waals surface area contributed by atoms with Gasteiger partial charge in [0.05, 0.1) is 6.61 Å². The Bertz CT molecular complexity index is 678. The molecule has 1 aromatic rings. The number of nitrogens with zero attached hydrogens (tertiary/aromatic N) is 1. The molecule has 1 aliphatic rings. The lowest BCUT2D eigenvalue weighted by Gasteiger charge is -2.32. The summed E-state index contributed by atoms with van der Waals surface area (Å²) in [6, 6.07) is 2.94. The predicted octanol–water partition coefficient (Wildman–Crippen LogP) is 0.349. The minimum Gasteiger partial charge on any atom is -0.391 e. The van der Waals surface area contributed by atoms with Crippen molar-refractivity contribution in [2.75, 3.05) is 24.3 Å². The number of thiophene rings is 1. The second-order valence-corrected chi connectivity index (χ2v) is 11.0. The third-order valence-electron chi connectivity index (χ3n) is 2.89. The Balaban J connectivity index is 2.40. The smallest absolute Gasteiger partial charge is 0.253 e. The van der Waals surface area contributed by atoms with Crippen molar-refractivity contribution in [2.45, 2.75) is 16.2 Å². The first-order valence-electron chi connectivity index (χ1n) is 5.75. The van der Waals surface area contributed by atoms with Crippen molar-refractivity contribution >= 4 is 43.0 Å². The highest BCUT2D eigenvalue weighted by molar-refractivity contribution is 8.01. The monoisotopic (exact) mass is 357 g/mol. The zero-order valence-electron chi connectivity index (χ0n) is 10.7. The molecule has 2 heterocycles. The lowest BCUT2D eigenvalue weighted by Crippen LogP contribution is -2.49. The van der Waals surface area contributed by atoms with Crippen molar-refractivity contribution < 1.29 is 21.9 Å². The van der Waals surface area contributed by atoms with Crippen LogP contribution in [0.15, 0.2) is 16.3 Å². The molecule has 1 unspecified atom stereocenters.